The summed E-state index contributed by atoms with van der Waals surface area (Å²) in [5.41, 5.74) is 7.57. The molecule has 4 aromatic rings. The Balaban J connectivity index is 1.40. The summed E-state index contributed by atoms with van der Waals surface area (Å²) in [7, 11) is 0. The fourth-order valence-electron chi connectivity index (χ4n) is 3.80. The van der Waals surface area contributed by atoms with Crippen LogP contribution in [0.4, 0.5) is 5.69 Å². The maximum Gasteiger partial charge on any atom is 0.240 e. The van der Waals surface area contributed by atoms with E-state index in [1.54, 1.807) is 0 Å². The van der Waals surface area contributed by atoms with Gasteiger partial charge in [-0.15, -0.1) is 10.2 Å². The maximum absolute atomic E-state index is 13.4. The summed E-state index contributed by atoms with van der Waals surface area (Å²) in [5, 5.41) is 11.9. The lowest BCUT2D eigenvalue weighted by Gasteiger charge is -2.33. The second kappa shape index (κ2) is 9.61. The summed E-state index contributed by atoms with van der Waals surface area (Å²) in [6, 6.07) is 25.2. The number of aromatic nitrogens is 3. The number of benzene rings is 3. The van der Waals surface area contributed by atoms with Crippen LogP contribution in [-0.2, 0) is 11.4 Å². The summed E-state index contributed by atoms with van der Waals surface area (Å²) in [6.45, 7) is 4.35. The number of nitrogens with one attached hydrogen (secondary N) is 2. The molecule has 0 aliphatic carbocycles. The number of hydrogen-bond donors (Lipinski definition) is 2. The summed E-state index contributed by atoms with van der Waals surface area (Å²) >= 11 is 1.40. The fourth-order valence-corrected chi connectivity index (χ4v) is 4.90. The Morgan fingerprint density at radius 3 is 2.47 bits per heavy atom. The van der Waals surface area contributed by atoms with Gasteiger partial charge in [0.25, 0.3) is 0 Å². The number of hydrogen-bond acceptors (Lipinski definition) is 6. The number of para-hydroxylation sites is 1. The quantitative estimate of drug-likeness (QED) is 0.418. The van der Waals surface area contributed by atoms with E-state index in [2.05, 4.69) is 27.9 Å². The number of nitrogens with zero attached hydrogens (tertiary/aromatic N) is 3. The molecule has 1 aromatic heterocycles. The summed E-state index contributed by atoms with van der Waals surface area (Å²) in [5.74, 6) is 1.31. The first kappa shape index (κ1) is 22.0. The summed E-state index contributed by atoms with van der Waals surface area (Å²) in [4.78, 5) is 13.4. The van der Waals surface area contributed by atoms with Gasteiger partial charge in [-0.25, -0.2) is 4.68 Å². The first-order chi connectivity index (χ1) is 16.6. The molecule has 2 atom stereocenters. The zero-order valence-electron chi connectivity index (χ0n) is 18.9. The van der Waals surface area contributed by atoms with Crippen LogP contribution in [0, 0.1) is 13.8 Å². The number of carbonyl (C=O) groups is 1. The highest BCUT2D eigenvalue weighted by molar-refractivity contribution is 8.00. The monoisotopic (exact) mass is 471 g/mol. The fraction of sp³-hybridized carbons (Fsp3) is 0.192. The van der Waals surface area contributed by atoms with Crippen LogP contribution >= 0.6 is 11.8 Å². The molecular formula is C26H25N5O2S. The third-order valence-corrected chi connectivity index (χ3v) is 7.02. The molecule has 8 heteroatoms. The highest BCUT2D eigenvalue weighted by atomic mass is 32.2. The third-order valence-electron chi connectivity index (χ3n) is 5.81. The molecule has 172 valence electrons. The zero-order chi connectivity index (χ0) is 23.5. The third kappa shape index (κ3) is 4.63. The van der Waals surface area contributed by atoms with E-state index in [4.69, 9.17) is 4.74 Å². The predicted octanol–water partition coefficient (Wildman–Crippen LogP) is 4.87. The van der Waals surface area contributed by atoms with Gasteiger partial charge >= 0.3 is 0 Å². The van der Waals surface area contributed by atoms with Crippen molar-refractivity contribution in [1.29, 1.82) is 0 Å². The normalized spacial score (nSPS) is 16.9. The SMILES string of the molecule is Cc1ccc(NC(=O)C2Sc3nnc(COc4ccccc4)n3NC2c2ccccc2)cc1C. The van der Waals surface area contributed by atoms with Crippen molar-refractivity contribution in [3.63, 3.8) is 0 Å². The van der Waals surface area contributed by atoms with Crippen molar-refractivity contribution in [2.75, 3.05) is 10.7 Å². The first-order valence-electron chi connectivity index (χ1n) is 11.1. The number of anilines is 1. The van der Waals surface area contributed by atoms with E-state index in [-0.39, 0.29) is 18.6 Å². The molecule has 1 amide bonds. The van der Waals surface area contributed by atoms with Crippen molar-refractivity contribution in [2.24, 2.45) is 0 Å². The predicted molar refractivity (Wildman–Crippen MR) is 134 cm³/mol. The van der Waals surface area contributed by atoms with Gasteiger partial charge in [-0.2, -0.15) is 0 Å². The zero-order valence-corrected chi connectivity index (χ0v) is 19.8. The Labute approximate surface area is 202 Å². The molecule has 0 saturated carbocycles. The lowest BCUT2D eigenvalue weighted by Crippen LogP contribution is -2.41. The van der Waals surface area contributed by atoms with Gasteiger partial charge in [0.2, 0.25) is 11.1 Å². The van der Waals surface area contributed by atoms with E-state index in [0.717, 1.165) is 22.6 Å². The van der Waals surface area contributed by atoms with Crippen LogP contribution in [0.3, 0.4) is 0 Å². The van der Waals surface area contributed by atoms with Crippen molar-refractivity contribution in [3.8, 4) is 5.75 Å². The number of amides is 1. The minimum absolute atomic E-state index is 0.0917. The van der Waals surface area contributed by atoms with E-state index in [9.17, 15) is 4.79 Å². The Morgan fingerprint density at radius 2 is 1.74 bits per heavy atom. The van der Waals surface area contributed by atoms with Gasteiger partial charge in [0.15, 0.2) is 5.82 Å². The number of thioether (sulfide) groups is 1. The summed E-state index contributed by atoms with van der Waals surface area (Å²) < 4.78 is 7.70. The second-order valence-electron chi connectivity index (χ2n) is 8.18. The second-order valence-corrected chi connectivity index (χ2v) is 9.29. The lowest BCUT2D eigenvalue weighted by atomic mass is 10.0. The number of rotatable bonds is 6. The van der Waals surface area contributed by atoms with E-state index in [1.165, 1.54) is 17.3 Å². The highest BCUT2D eigenvalue weighted by Crippen LogP contribution is 2.37. The number of ether oxygens (including phenoxy) is 1. The summed E-state index contributed by atoms with van der Waals surface area (Å²) in [6.07, 6.45) is 0. The van der Waals surface area contributed by atoms with Crippen LogP contribution in [0.1, 0.15) is 28.6 Å². The van der Waals surface area contributed by atoms with Crippen molar-refractivity contribution in [1.82, 2.24) is 14.9 Å². The molecule has 1 aliphatic heterocycles. The molecule has 2 unspecified atom stereocenters. The largest absolute Gasteiger partial charge is 0.486 e. The number of aryl methyl sites for hydroxylation is 2. The minimum Gasteiger partial charge on any atom is -0.486 e. The molecule has 0 fully saturated rings. The van der Waals surface area contributed by atoms with Crippen LogP contribution in [0.15, 0.2) is 84.0 Å². The van der Waals surface area contributed by atoms with E-state index in [0.29, 0.717) is 11.0 Å². The number of fused-ring (bicyclic) bond motifs is 1. The molecule has 1 aliphatic rings. The van der Waals surface area contributed by atoms with Gasteiger partial charge < -0.3 is 15.5 Å². The Kier molecular flexibility index (Phi) is 6.22. The minimum atomic E-state index is -0.441. The molecule has 5 rings (SSSR count). The Hall–Kier alpha value is -3.78. The highest BCUT2D eigenvalue weighted by Gasteiger charge is 2.38. The van der Waals surface area contributed by atoms with Crippen molar-refractivity contribution in [3.05, 3.63) is 101 Å². The molecule has 0 bridgehead atoms. The molecule has 34 heavy (non-hydrogen) atoms. The van der Waals surface area contributed by atoms with Crippen LogP contribution in [0.5, 0.6) is 5.75 Å². The average molecular weight is 472 g/mol. The van der Waals surface area contributed by atoms with Crippen LogP contribution < -0.4 is 15.5 Å². The van der Waals surface area contributed by atoms with E-state index >= 15 is 0 Å². The molecule has 2 heterocycles. The Bertz CT molecular complexity index is 1290. The van der Waals surface area contributed by atoms with Crippen LogP contribution in [0.25, 0.3) is 0 Å². The molecule has 2 N–H and O–H groups in total. The molecule has 0 saturated heterocycles. The first-order valence-corrected chi connectivity index (χ1v) is 11.9. The lowest BCUT2D eigenvalue weighted by molar-refractivity contribution is -0.116. The molecule has 0 spiro atoms. The van der Waals surface area contributed by atoms with Gasteiger partial charge in [0.1, 0.15) is 17.6 Å². The molecule has 3 aromatic carbocycles. The Morgan fingerprint density at radius 1 is 1.00 bits per heavy atom. The van der Waals surface area contributed by atoms with Crippen LogP contribution in [0.2, 0.25) is 0 Å². The van der Waals surface area contributed by atoms with Gasteiger partial charge in [0, 0.05) is 5.69 Å². The van der Waals surface area contributed by atoms with Crippen molar-refractivity contribution in [2.45, 2.75) is 36.9 Å². The van der Waals surface area contributed by atoms with Gasteiger partial charge in [-0.1, -0.05) is 66.4 Å². The average Bonchev–Trinajstić information content (AvgIpc) is 3.27. The molecule has 0 radical (unpaired) electrons. The maximum atomic E-state index is 13.4. The van der Waals surface area contributed by atoms with E-state index < -0.39 is 5.25 Å². The topological polar surface area (TPSA) is 81.1 Å². The molecular weight excluding hydrogens is 446 g/mol. The van der Waals surface area contributed by atoms with Gasteiger partial charge in [-0.3, -0.25) is 4.79 Å². The van der Waals surface area contributed by atoms with E-state index in [1.807, 2.05) is 90.5 Å². The van der Waals surface area contributed by atoms with Crippen molar-refractivity contribution < 1.29 is 9.53 Å². The standard InChI is InChI=1S/C26H25N5O2S/c1-17-13-14-20(15-18(17)2)27-25(32)24-23(19-9-5-3-6-10-19)30-31-22(28-29-26(31)34-24)16-33-21-11-7-4-8-12-21/h3-15,23-24,30H,16H2,1-2H3,(H,27,32). The van der Waals surface area contributed by atoms with Gasteiger partial charge in [0.05, 0.1) is 6.04 Å². The van der Waals surface area contributed by atoms with Crippen molar-refractivity contribution >= 4 is 23.4 Å². The van der Waals surface area contributed by atoms with Crippen LogP contribution in [-0.4, -0.2) is 26.0 Å². The van der Waals surface area contributed by atoms with Gasteiger partial charge in [-0.05, 0) is 54.8 Å². The molecule has 7 nitrogen and oxygen atoms in total. The smallest absolute Gasteiger partial charge is 0.240 e. The number of carbonyl (C=O) groups excluding carboxylic acids is 1.